The van der Waals surface area contributed by atoms with Crippen LogP contribution in [0.5, 0.6) is 5.75 Å². The molecule has 27 heavy (non-hydrogen) atoms. The second-order valence-corrected chi connectivity index (χ2v) is 7.58. The Bertz CT molecular complexity index is 604. The maximum absolute atomic E-state index is 12.7. The number of rotatable bonds is 7. The second-order valence-electron chi connectivity index (χ2n) is 7.58. The fourth-order valence-electron chi connectivity index (χ4n) is 4.21. The molecule has 2 aliphatic rings. The van der Waals surface area contributed by atoms with Crippen molar-refractivity contribution >= 4 is 5.91 Å². The SMILES string of the molecule is Cc1cccc(OCC(=O)N2CC[C@H](N3CCOCC3)[C@H](CCCO)C2)c1. The van der Waals surface area contributed by atoms with Gasteiger partial charge >= 0.3 is 0 Å². The van der Waals surface area contributed by atoms with Crippen molar-refractivity contribution in [1.29, 1.82) is 0 Å². The maximum atomic E-state index is 12.7. The molecule has 0 spiro atoms. The number of carbonyl (C=O) groups excluding carboxylic acids is 1. The van der Waals surface area contributed by atoms with Gasteiger partial charge in [0.05, 0.1) is 13.2 Å². The predicted octanol–water partition coefficient (Wildman–Crippen LogP) is 1.70. The Morgan fingerprint density at radius 1 is 1.30 bits per heavy atom. The van der Waals surface area contributed by atoms with E-state index in [1.807, 2.05) is 36.1 Å². The van der Waals surface area contributed by atoms with Crippen LogP contribution in [-0.2, 0) is 9.53 Å². The minimum Gasteiger partial charge on any atom is -0.484 e. The van der Waals surface area contributed by atoms with Crippen LogP contribution >= 0.6 is 0 Å². The van der Waals surface area contributed by atoms with Gasteiger partial charge in [-0.05, 0) is 49.8 Å². The standard InChI is InChI=1S/C21H32N2O4/c1-17-4-2-6-19(14-17)27-16-21(25)23-8-7-20(18(15-23)5-3-11-24)22-9-12-26-13-10-22/h2,4,6,14,18,20,24H,3,5,7-13,15-16H2,1H3/t18-,20+/m1/s1. The van der Waals surface area contributed by atoms with Gasteiger partial charge < -0.3 is 19.5 Å². The molecule has 0 bridgehead atoms. The molecule has 3 rings (SSSR count). The van der Waals surface area contributed by atoms with Gasteiger partial charge in [-0.1, -0.05) is 12.1 Å². The number of morpholine rings is 1. The van der Waals surface area contributed by atoms with E-state index in [2.05, 4.69) is 4.90 Å². The van der Waals surface area contributed by atoms with E-state index in [-0.39, 0.29) is 19.1 Å². The molecule has 2 heterocycles. The third kappa shape index (κ3) is 5.67. The number of likely N-dealkylation sites (tertiary alicyclic amines) is 1. The van der Waals surface area contributed by atoms with Gasteiger partial charge in [0, 0.05) is 38.8 Å². The highest BCUT2D eigenvalue weighted by Crippen LogP contribution is 2.27. The summed E-state index contributed by atoms with van der Waals surface area (Å²) in [4.78, 5) is 17.1. The van der Waals surface area contributed by atoms with Gasteiger partial charge in [-0.2, -0.15) is 0 Å². The van der Waals surface area contributed by atoms with E-state index in [0.717, 1.165) is 70.0 Å². The van der Waals surface area contributed by atoms with Crippen molar-refractivity contribution in [1.82, 2.24) is 9.80 Å². The maximum Gasteiger partial charge on any atom is 0.260 e. The smallest absolute Gasteiger partial charge is 0.260 e. The number of hydrogen-bond donors (Lipinski definition) is 1. The molecular weight excluding hydrogens is 344 g/mol. The van der Waals surface area contributed by atoms with E-state index in [0.29, 0.717) is 12.0 Å². The number of piperidine rings is 1. The van der Waals surface area contributed by atoms with Crippen LogP contribution in [0, 0.1) is 12.8 Å². The second kappa shape index (κ2) is 10.1. The highest BCUT2D eigenvalue weighted by Gasteiger charge is 2.35. The van der Waals surface area contributed by atoms with Crippen molar-refractivity contribution in [3.63, 3.8) is 0 Å². The van der Waals surface area contributed by atoms with Crippen LogP contribution in [0.1, 0.15) is 24.8 Å². The normalized spacial score (nSPS) is 24.0. The van der Waals surface area contributed by atoms with Crippen LogP contribution in [0.25, 0.3) is 0 Å². The van der Waals surface area contributed by atoms with E-state index >= 15 is 0 Å². The molecule has 0 aliphatic carbocycles. The Labute approximate surface area is 162 Å². The lowest BCUT2D eigenvalue weighted by Gasteiger charge is -2.45. The quantitative estimate of drug-likeness (QED) is 0.785. The largest absolute Gasteiger partial charge is 0.484 e. The Morgan fingerprint density at radius 3 is 2.85 bits per heavy atom. The summed E-state index contributed by atoms with van der Waals surface area (Å²) in [6, 6.07) is 8.25. The van der Waals surface area contributed by atoms with Crippen molar-refractivity contribution in [2.45, 2.75) is 32.2 Å². The summed E-state index contributed by atoms with van der Waals surface area (Å²) in [6.45, 7) is 7.32. The number of amides is 1. The fourth-order valence-corrected chi connectivity index (χ4v) is 4.21. The molecule has 0 saturated carbocycles. The summed E-state index contributed by atoms with van der Waals surface area (Å²) in [7, 11) is 0. The van der Waals surface area contributed by atoms with Crippen molar-refractivity contribution < 1.29 is 19.4 Å². The molecule has 6 heteroatoms. The number of carbonyl (C=O) groups is 1. The highest BCUT2D eigenvalue weighted by atomic mass is 16.5. The Balaban J connectivity index is 1.55. The van der Waals surface area contributed by atoms with Gasteiger partial charge in [0.15, 0.2) is 6.61 Å². The molecule has 2 atom stereocenters. The molecule has 2 saturated heterocycles. The summed E-state index contributed by atoms with van der Waals surface area (Å²) < 4.78 is 11.2. The Hall–Kier alpha value is -1.63. The predicted molar refractivity (Wildman–Crippen MR) is 104 cm³/mol. The van der Waals surface area contributed by atoms with Crippen molar-refractivity contribution in [2.75, 3.05) is 52.6 Å². The van der Waals surface area contributed by atoms with Crippen LogP contribution in [0.15, 0.2) is 24.3 Å². The van der Waals surface area contributed by atoms with Gasteiger partial charge in [0.25, 0.3) is 5.91 Å². The number of nitrogens with zero attached hydrogens (tertiary/aromatic N) is 2. The minimum atomic E-state index is 0.0472. The lowest BCUT2D eigenvalue weighted by atomic mass is 9.86. The van der Waals surface area contributed by atoms with Gasteiger partial charge in [-0.3, -0.25) is 9.69 Å². The molecule has 2 aliphatic heterocycles. The summed E-state index contributed by atoms with van der Waals surface area (Å²) in [5.41, 5.74) is 1.12. The van der Waals surface area contributed by atoms with Crippen LogP contribution in [0.2, 0.25) is 0 Å². The van der Waals surface area contributed by atoms with Gasteiger partial charge in [0.1, 0.15) is 5.75 Å². The summed E-state index contributed by atoms with van der Waals surface area (Å²) in [6.07, 6.45) is 2.71. The van der Waals surface area contributed by atoms with Crippen molar-refractivity contribution in [2.24, 2.45) is 5.92 Å². The molecule has 0 radical (unpaired) electrons. The first-order chi connectivity index (χ1) is 13.2. The van der Waals surface area contributed by atoms with E-state index in [1.165, 1.54) is 0 Å². The number of aliphatic hydroxyl groups is 1. The first-order valence-corrected chi connectivity index (χ1v) is 10.1. The van der Waals surface area contributed by atoms with Crippen LogP contribution in [-0.4, -0.2) is 79.5 Å². The van der Waals surface area contributed by atoms with Crippen LogP contribution in [0.4, 0.5) is 0 Å². The molecule has 1 aromatic rings. The number of aliphatic hydroxyl groups excluding tert-OH is 1. The van der Waals surface area contributed by atoms with E-state index in [4.69, 9.17) is 9.47 Å². The van der Waals surface area contributed by atoms with Crippen LogP contribution in [0.3, 0.4) is 0 Å². The monoisotopic (exact) mass is 376 g/mol. The average molecular weight is 376 g/mol. The molecule has 6 nitrogen and oxygen atoms in total. The minimum absolute atomic E-state index is 0.0472. The summed E-state index contributed by atoms with van der Waals surface area (Å²) >= 11 is 0. The first-order valence-electron chi connectivity index (χ1n) is 10.1. The number of aryl methyl sites for hydroxylation is 1. The topological polar surface area (TPSA) is 62.2 Å². The molecule has 1 amide bonds. The molecule has 150 valence electrons. The van der Waals surface area contributed by atoms with Gasteiger partial charge in [0.2, 0.25) is 0 Å². The van der Waals surface area contributed by atoms with Crippen molar-refractivity contribution in [3.8, 4) is 5.75 Å². The van der Waals surface area contributed by atoms with Crippen LogP contribution < -0.4 is 4.74 Å². The van der Waals surface area contributed by atoms with E-state index < -0.39 is 0 Å². The lowest BCUT2D eigenvalue weighted by Crippen LogP contribution is -2.55. The number of ether oxygens (including phenoxy) is 2. The molecule has 0 aromatic heterocycles. The molecule has 1 N–H and O–H groups in total. The summed E-state index contributed by atoms with van der Waals surface area (Å²) in [5.74, 6) is 1.18. The zero-order valence-corrected chi connectivity index (χ0v) is 16.3. The fraction of sp³-hybridized carbons (Fsp3) is 0.667. The van der Waals surface area contributed by atoms with Gasteiger partial charge in [-0.25, -0.2) is 0 Å². The zero-order chi connectivity index (χ0) is 19.1. The highest BCUT2D eigenvalue weighted by molar-refractivity contribution is 5.77. The lowest BCUT2D eigenvalue weighted by molar-refractivity contribution is -0.137. The number of benzene rings is 1. The third-order valence-corrected chi connectivity index (χ3v) is 5.65. The first kappa shape index (κ1) is 20.1. The molecule has 1 aromatic carbocycles. The number of hydrogen-bond acceptors (Lipinski definition) is 5. The molecular formula is C21H32N2O4. The Kier molecular flexibility index (Phi) is 7.50. The van der Waals surface area contributed by atoms with Crippen molar-refractivity contribution in [3.05, 3.63) is 29.8 Å². The Morgan fingerprint density at radius 2 is 2.11 bits per heavy atom. The average Bonchev–Trinajstić information content (AvgIpc) is 2.71. The van der Waals surface area contributed by atoms with E-state index in [1.54, 1.807) is 0 Å². The van der Waals surface area contributed by atoms with E-state index in [9.17, 15) is 9.90 Å². The summed E-state index contributed by atoms with van der Waals surface area (Å²) in [5, 5.41) is 9.27. The third-order valence-electron chi connectivity index (χ3n) is 5.65. The molecule has 0 unspecified atom stereocenters. The zero-order valence-electron chi connectivity index (χ0n) is 16.3. The molecule has 2 fully saturated rings. The van der Waals surface area contributed by atoms with Gasteiger partial charge in [-0.15, -0.1) is 0 Å².